The second kappa shape index (κ2) is 9.15. The quantitative estimate of drug-likeness (QED) is 0.733. The molecule has 0 bridgehead atoms. The van der Waals surface area contributed by atoms with Crippen LogP contribution in [0.25, 0.3) is 0 Å². The van der Waals surface area contributed by atoms with E-state index in [1.165, 1.54) is 16.4 Å². The van der Waals surface area contributed by atoms with Gasteiger partial charge in [0.15, 0.2) is 11.5 Å². The summed E-state index contributed by atoms with van der Waals surface area (Å²) in [6.07, 6.45) is 0.930. The van der Waals surface area contributed by atoms with Gasteiger partial charge in [0.1, 0.15) is 19.0 Å². The number of carbonyl (C=O) groups excluding carboxylic acids is 1. The number of nitrogens with one attached hydrogen (secondary N) is 1. The van der Waals surface area contributed by atoms with Crippen molar-refractivity contribution in [3.8, 4) is 17.2 Å². The maximum Gasteiger partial charge on any atom is 0.243 e. The molecule has 0 spiro atoms. The van der Waals surface area contributed by atoms with E-state index in [0.29, 0.717) is 49.8 Å². The Hall–Kier alpha value is -2.78. The monoisotopic (exact) mass is 446 g/mol. The Morgan fingerprint density at radius 3 is 2.42 bits per heavy atom. The molecular formula is C22H26N2O6S. The predicted molar refractivity (Wildman–Crippen MR) is 115 cm³/mol. The number of nitrogens with zero attached hydrogens (tertiary/aromatic N) is 1. The van der Waals surface area contributed by atoms with E-state index in [9.17, 15) is 13.2 Å². The summed E-state index contributed by atoms with van der Waals surface area (Å²) in [5.41, 5.74) is 0.694. The van der Waals surface area contributed by atoms with Crippen LogP contribution >= 0.6 is 0 Å². The molecule has 0 aliphatic carbocycles. The first-order valence-corrected chi connectivity index (χ1v) is 11.8. The van der Waals surface area contributed by atoms with Gasteiger partial charge in [0, 0.05) is 30.8 Å². The van der Waals surface area contributed by atoms with Crippen molar-refractivity contribution < 1.29 is 27.4 Å². The largest absolute Gasteiger partial charge is 0.494 e. The maximum absolute atomic E-state index is 13.0. The number of hydrogen-bond acceptors (Lipinski definition) is 6. The fraction of sp³-hybridized carbons (Fsp3) is 0.409. The third-order valence-electron chi connectivity index (χ3n) is 5.41. The Labute approximate surface area is 182 Å². The van der Waals surface area contributed by atoms with Crippen molar-refractivity contribution in [2.45, 2.75) is 24.7 Å². The Morgan fingerprint density at radius 2 is 1.74 bits per heavy atom. The minimum Gasteiger partial charge on any atom is -0.494 e. The number of rotatable bonds is 6. The normalized spacial score (nSPS) is 17.2. The van der Waals surface area contributed by atoms with Gasteiger partial charge >= 0.3 is 0 Å². The number of anilines is 1. The minimum absolute atomic E-state index is 0.0967. The molecule has 9 heteroatoms. The summed E-state index contributed by atoms with van der Waals surface area (Å²) in [6.45, 7) is 3.92. The number of ether oxygens (including phenoxy) is 3. The van der Waals surface area contributed by atoms with Crippen molar-refractivity contribution in [2.75, 3.05) is 38.2 Å². The number of benzene rings is 2. The number of fused-ring (bicyclic) bond motifs is 1. The van der Waals surface area contributed by atoms with Crippen LogP contribution < -0.4 is 19.5 Å². The van der Waals surface area contributed by atoms with Gasteiger partial charge < -0.3 is 19.5 Å². The Kier molecular flexibility index (Phi) is 6.33. The average Bonchev–Trinajstić information content (AvgIpc) is 2.80. The van der Waals surface area contributed by atoms with Crippen molar-refractivity contribution in [1.82, 2.24) is 4.31 Å². The first-order valence-electron chi connectivity index (χ1n) is 10.4. The third kappa shape index (κ3) is 4.77. The number of carbonyl (C=O) groups is 1. The molecule has 8 nitrogen and oxygen atoms in total. The number of piperidine rings is 1. The van der Waals surface area contributed by atoms with Crippen molar-refractivity contribution in [3.05, 3.63) is 42.5 Å². The number of amides is 1. The highest BCUT2D eigenvalue weighted by Gasteiger charge is 2.33. The molecule has 2 heterocycles. The molecule has 4 rings (SSSR count). The van der Waals surface area contributed by atoms with Gasteiger partial charge in [-0.05, 0) is 56.2 Å². The molecule has 166 valence electrons. The van der Waals surface area contributed by atoms with E-state index < -0.39 is 10.0 Å². The van der Waals surface area contributed by atoms with E-state index in [1.54, 1.807) is 18.2 Å². The first kappa shape index (κ1) is 21.5. The van der Waals surface area contributed by atoms with Crippen LogP contribution in [0.3, 0.4) is 0 Å². The van der Waals surface area contributed by atoms with Crippen LogP contribution in [-0.4, -0.2) is 51.5 Å². The smallest absolute Gasteiger partial charge is 0.243 e. The predicted octanol–water partition coefficient (Wildman–Crippen LogP) is 2.90. The van der Waals surface area contributed by atoms with Gasteiger partial charge in [0.2, 0.25) is 15.9 Å². The van der Waals surface area contributed by atoms with Gasteiger partial charge in [0.25, 0.3) is 0 Å². The van der Waals surface area contributed by atoms with Crippen LogP contribution in [0.5, 0.6) is 17.2 Å². The molecule has 2 aromatic rings. The van der Waals surface area contributed by atoms with Gasteiger partial charge in [-0.25, -0.2) is 8.42 Å². The maximum atomic E-state index is 13.0. The van der Waals surface area contributed by atoms with E-state index in [1.807, 2.05) is 19.1 Å². The van der Waals surface area contributed by atoms with Crippen LogP contribution in [0, 0.1) is 5.92 Å². The van der Waals surface area contributed by atoms with Crippen LogP contribution in [0.1, 0.15) is 19.8 Å². The van der Waals surface area contributed by atoms with Crippen molar-refractivity contribution in [3.63, 3.8) is 0 Å². The van der Waals surface area contributed by atoms with E-state index in [-0.39, 0.29) is 29.8 Å². The van der Waals surface area contributed by atoms with Crippen LogP contribution in [0.4, 0.5) is 5.69 Å². The third-order valence-corrected chi connectivity index (χ3v) is 7.30. The fourth-order valence-electron chi connectivity index (χ4n) is 3.74. The highest BCUT2D eigenvalue weighted by molar-refractivity contribution is 7.89. The summed E-state index contributed by atoms with van der Waals surface area (Å²) in [4.78, 5) is 12.8. The van der Waals surface area contributed by atoms with Gasteiger partial charge in [-0.3, -0.25) is 4.79 Å². The molecule has 0 unspecified atom stereocenters. The van der Waals surface area contributed by atoms with Gasteiger partial charge in [-0.1, -0.05) is 0 Å². The van der Waals surface area contributed by atoms with Crippen LogP contribution in [0.15, 0.2) is 47.4 Å². The summed E-state index contributed by atoms with van der Waals surface area (Å²) < 4.78 is 43.9. The fourth-order valence-corrected chi connectivity index (χ4v) is 5.22. The summed E-state index contributed by atoms with van der Waals surface area (Å²) in [6, 6.07) is 11.9. The Morgan fingerprint density at radius 1 is 1.06 bits per heavy atom. The van der Waals surface area contributed by atoms with Crippen molar-refractivity contribution in [1.29, 1.82) is 0 Å². The van der Waals surface area contributed by atoms with E-state index in [4.69, 9.17) is 14.2 Å². The van der Waals surface area contributed by atoms with Gasteiger partial charge in [-0.15, -0.1) is 0 Å². The SMILES string of the molecule is CCOc1ccc(NC(=O)C2CCN(S(=O)(=O)c3ccc4c(c3)OCCO4)CC2)cc1. The summed E-state index contributed by atoms with van der Waals surface area (Å²) in [5, 5.41) is 2.91. The van der Waals surface area contributed by atoms with Crippen LogP contribution in [-0.2, 0) is 14.8 Å². The molecule has 2 aliphatic rings. The highest BCUT2D eigenvalue weighted by Crippen LogP contribution is 2.34. The topological polar surface area (TPSA) is 94.2 Å². The molecule has 2 aromatic carbocycles. The zero-order chi connectivity index (χ0) is 21.8. The average molecular weight is 447 g/mol. The molecule has 0 atom stereocenters. The molecule has 2 aliphatic heterocycles. The summed E-state index contributed by atoms with van der Waals surface area (Å²) in [5.74, 6) is 1.41. The highest BCUT2D eigenvalue weighted by atomic mass is 32.2. The molecule has 1 saturated heterocycles. The van der Waals surface area contributed by atoms with Crippen LogP contribution in [0.2, 0.25) is 0 Å². The number of hydrogen-bond donors (Lipinski definition) is 1. The molecular weight excluding hydrogens is 420 g/mol. The molecule has 0 saturated carbocycles. The molecule has 1 N–H and O–H groups in total. The molecule has 1 amide bonds. The van der Waals surface area contributed by atoms with E-state index in [0.717, 1.165) is 5.75 Å². The Balaban J connectivity index is 1.36. The lowest BCUT2D eigenvalue weighted by Gasteiger charge is -2.30. The molecule has 1 fully saturated rings. The van der Waals surface area contributed by atoms with E-state index >= 15 is 0 Å². The lowest BCUT2D eigenvalue weighted by molar-refractivity contribution is -0.120. The molecule has 0 aromatic heterocycles. The molecule has 0 radical (unpaired) electrons. The minimum atomic E-state index is -3.66. The second-order valence-electron chi connectivity index (χ2n) is 7.43. The zero-order valence-electron chi connectivity index (χ0n) is 17.4. The molecule has 31 heavy (non-hydrogen) atoms. The first-order chi connectivity index (χ1) is 15.0. The van der Waals surface area contributed by atoms with Gasteiger partial charge in [0.05, 0.1) is 11.5 Å². The lowest BCUT2D eigenvalue weighted by atomic mass is 9.97. The van der Waals surface area contributed by atoms with Gasteiger partial charge in [-0.2, -0.15) is 4.31 Å². The van der Waals surface area contributed by atoms with Crippen molar-refractivity contribution in [2.24, 2.45) is 5.92 Å². The van der Waals surface area contributed by atoms with Crippen molar-refractivity contribution >= 4 is 21.6 Å². The number of sulfonamides is 1. The standard InChI is InChI=1S/C22H26N2O6S/c1-2-28-18-5-3-17(4-6-18)23-22(25)16-9-11-24(12-10-16)31(26,27)19-7-8-20-21(15-19)30-14-13-29-20/h3-8,15-16H,2,9-14H2,1H3,(H,23,25). The Bertz CT molecular complexity index is 1030. The summed E-state index contributed by atoms with van der Waals surface area (Å²) in [7, 11) is -3.66. The second-order valence-corrected chi connectivity index (χ2v) is 9.37. The summed E-state index contributed by atoms with van der Waals surface area (Å²) >= 11 is 0. The lowest BCUT2D eigenvalue weighted by Crippen LogP contribution is -2.41. The van der Waals surface area contributed by atoms with E-state index in [2.05, 4.69) is 5.32 Å². The zero-order valence-corrected chi connectivity index (χ0v) is 18.2.